The lowest BCUT2D eigenvalue weighted by Crippen LogP contribution is -2.54. The zero-order valence-corrected chi connectivity index (χ0v) is 14.6. The molecule has 1 aromatic rings. The highest BCUT2D eigenvalue weighted by Gasteiger charge is 2.55. The van der Waals surface area contributed by atoms with Crippen LogP contribution >= 0.6 is 0 Å². The van der Waals surface area contributed by atoms with Crippen molar-refractivity contribution in [3.63, 3.8) is 0 Å². The van der Waals surface area contributed by atoms with Gasteiger partial charge in [-0.1, -0.05) is 23.8 Å². The van der Waals surface area contributed by atoms with Gasteiger partial charge in [-0.3, -0.25) is 9.63 Å². The minimum absolute atomic E-state index is 0.110. The van der Waals surface area contributed by atoms with E-state index >= 15 is 0 Å². The van der Waals surface area contributed by atoms with Crippen molar-refractivity contribution >= 4 is 11.5 Å². The van der Waals surface area contributed by atoms with Crippen molar-refractivity contribution in [2.24, 2.45) is 0 Å². The predicted octanol–water partition coefficient (Wildman–Crippen LogP) is 2.37. The topological polar surface area (TPSA) is 62.2 Å². The molecule has 0 aromatic heterocycles. The second-order valence-electron chi connectivity index (χ2n) is 6.47. The summed E-state index contributed by atoms with van der Waals surface area (Å²) in [5, 5.41) is 14.2. The summed E-state index contributed by atoms with van der Waals surface area (Å²) in [6, 6.07) is 5.90. The Labute approximate surface area is 142 Å². The number of aliphatic hydroxyl groups excluding tert-OH is 1. The quantitative estimate of drug-likeness (QED) is 0.921. The van der Waals surface area contributed by atoms with Crippen LogP contribution in [0.3, 0.4) is 0 Å². The van der Waals surface area contributed by atoms with E-state index in [-0.39, 0.29) is 11.7 Å². The lowest BCUT2D eigenvalue weighted by atomic mass is 9.85. The Kier molecular flexibility index (Phi) is 4.38. The third kappa shape index (κ3) is 2.42. The maximum absolute atomic E-state index is 13.0. The standard InChI is InChI=1S/C18H24N2O4/c1-12-5-6-13(2)14(11-12)15-16(21)18(20(24-4)17(15)22)7-9-19(23-3)10-8-18/h5-6,11,21H,7-10H2,1-4H3. The number of carbonyl (C=O) groups excluding carboxylic acids is 1. The molecule has 0 aliphatic carbocycles. The van der Waals surface area contributed by atoms with E-state index in [4.69, 9.17) is 9.68 Å². The molecule has 24 heavy (non-hydrogen) atoms. The summed E-state index contributed by atoms with van der Waals surface area (Å²) in [4.78, 5) is 23.6. The highest BCUT2D eigenvalue weighted by Crippen LogP contribution is 2.45. The Hall–Kier alpha value is -1.89. The van der Waals surface area contributed by atoms with Crippen molar-refractivity contribution in [2.75, 3.05) is 27.3 Å². The summed E-state index contributed by atoms with van der Waals surface area (Å²) in [5.41, 5.74) is 2.31. The molecule has 1 fully saturated rings. The molecule has 1 N–H and O–H groups in total. The smallest absolute Gasteiger partial charge is 0.282 e. The van der Waals surface area contributed by atoms with Gasteiger partial charge in [-0.15, -0.1) is 0 Å². The number of hydrogen-bond acceptors (Lipinski definition) is 5. The van der Waals surface area contributed by atoms with E-state index < -0.39 is 5.54 Å². The lowest BCUT2D eigenvalue weighted by molar-refractivity contribution is -0.221. The first-order chi connectivity index (χ1) is 11.4. The third-order valence-electron chi connectivity index (χ3n) is 5.12. The summed E-state index contributed by atoms with van der Waals surface area (Å²) in [6.07, 6.45) is 1.11. The van der Waals surface area contributed by atoms with Crippen LogP contribution in [0.2, 0.25) is 0 Å². The number of aryl methyl sites for hydroxylation is 2. The summed E-state index contributed by atoms with van der Waals surface area (Å²) < 4.78 is 0. The van der Waals surface area contributed by atoms with Crippen LogP contribution in [0, 0.1) is 13.8 Å². The molecule has 1 aromatic carbocycles. The van der Waals surface area contributed by atoms with E-state index in [1.165, 1.54) is 12.2 Å². The molecule has 3 rings (SSSR count). The molecule has 1 amide bonds. The van der Waals surface area contributed by atoms with Gasteiger partial charge in [0.15, 0.2) is 0 Å². The van der Waals surface area contributed by atoms with Gasteiger partial charge >= 0.3 is 0 Å². The SMILES string of the molecule is CON1CCC2(CC1)C(O)=C(c1cc(C)ccc1C)C(=O)N2OC. The van der Waals surface area contributed by atoms with Crippen LogP contribution in [0.25, 0.3) is 5.57 Å². The van der Waals surface area contributed by atoms with Gasteiger partial charge in [-0.2, -0.15) is 5.06 Å². The summed E-state index contributed by atoms with van der Waals surface area (Å²) in [5.74, 6) is -0.173. The Bertz CT molecular complexity index is 690. The molecular weight excluding hydrogens is 308 g/mol. The number of hydroxylamine groups is 4. The molecule has 2 aliphatic rings. The molecule has 130 valence electrons. The Morgan fingerprint density at radius 2 is 1.79 bits per heavy atom. The van der Waals surface area contributed by atoms with E-state index in [1.807, 2.05) is 37.1 Å². The Morgan fingerprint density at radius 3 is 2.38 bits per heavy atom. The van der Waals surface area contributed by atoms with Crippen LogP contribution in [-0.2, 0) is 14.5 Å². The summed E-state index contributed by atoms with van der Waals surface area (Å²) in [6.45, 7) is 5.15. The molecule has 0 radical (unpaired) electrons. The van der Waals surface area contributed by atoms with Crippen LogP contribution in [-0.4, -0.2) is 54.0 Å². The molecule has 2 aliphatic heterocycles. The van der Waals surface area contributed by atoms with Gasteiger partial charge in [0, 0.05) is 13.1 Å². The monoisotopic (exact) mass is 332 g/mol. The number of carbonyl (C=O) groups is 1. The zero-order chi connectivity index (χ0) is 17.5. The van der Waals surface area contributed by atoms with Crippen LogP contribution in [0.5, 0.6) is 0 Å². The number of aliphatic hydroxyl groups is 1. The fraction of sp³-hybridized carbons (Fsp3) is 0.500. The van der Waals surface area contributed by atoms with E-state index in [0.29, 0.717) is 31.5 Å². The molecule has 1 spiro atoms. The van der Waals surface area contributed by atoms with Crippen LogP contribution < -0.4 is 0 Å². The molecule has 0 atom stereocenters. The molecule has 6 nitrogen and oxygen atoms in total. The van der Waals surface area contributed by atoms with Crippen molar-refractivity contribution in [1.82, 2.24) is 10.1 Å². The normalized spacial score (nSPS) is 21.2. The van der Waals surface area contributed by atoms with Gasteiger partial charge in [0.25, 0.3) is 5.91 Å². The second kappa shape index (κ2) is 6.20. The fourth-order valence-electron chi connectivity index (χ4n) is 3.71. The minimum atomic E-state index is -0.813. The zero-order valence-electron chi connectivity index (χ0n) is 14.6. The van der Waals surface area contributed by atoms with Crippen LogP contribution in [0.1, 0.15) is 29.5 Å². The van der Waals surface area contributed by atoms with Crippen LogP contribution in [0.4, 0.5) is 0 Å². The first-order valence-electron chi connectivity index (χ1n) is 8.13. The first kappa shape index (κ1) is 17.0. The van der Waals surface area contributed by atoms with Crippen molar-refractivity contribution in [1.29, 1.82) is 0 Å². The van der Waals surface area contributed by atoms with E-state index in [9.17, 15) is 9.90 Å². The summed E-state index contributed by atoms with van der Waals surface area (Å²) in [7, 11) is 3.10. The van der Waals surface area contributed by atoms with Gasteiger partial charge in [0.05, 0.1) is 19.8 Å². The van der Waals surface area contributed by atoms with Crippen molar-refractivity contribution in [3.8, 4) is 0 Å². The number of hydrogen-bond donors (Lipinski definition) is 1. The fourth-order valence-corrected chi connectivity index (χ4v) is 3.71. The van der Waals surface area contributed by atoms with Crippen LogP contribution in [0.15, 0.2) is 24.0 Å². The number of nitrogens with zero attached hydrogens (tertiary/aromatic N) is 2. The first-order valence-corrected chi connectivity index (χ1v) is 8.13. The Balaban J connectivity index is 2.09. The predicted molar refractivity (Wildman–Crippen MR) is 89.9 cm³/mol. The highest BCUT2D eigenvalue weighted by molar-refractivity contribution is 6.23. The molecule has 0 bridgehead atoms. The minimum Gasteiger partial charge on any atom is -0.509 e. The van der Waals surface area contributed by atoms with Gasteiger partial charge in [-0.05, 0) is 37.8 Å². The van der Waals surface area contributed by atoms with Gasteiger partial charge in [0.1, 0.15) is 11.3 Å². The average molecular weight is 332 g/mol. The summed E-state index contributed by atoms with van der Waals surface area (Å²) >= 11 is 0. The highest BCUT2D eigenvalue weighted by atomic mass is 16.7. The van der Waals surface area contributed by atoms with E-state index in [0.717, 1.165) is 16.7 Å². The Morgan fingerprint density at radius 1 is 1.12 bits per heavy atom. The number of piperidine rings is 1. The van der Waals surface area contributed by atoms with Gasteiger partial charge in [0.2, 0.25) is 0 Å². The molecule has 2 heterocycles. The molecule has 6 heteroatoms. The molecule has 1 saturated heterocycles. The molecular formula is C18H24N2O4. The number of benzene rings is 1. The largest absolute Gasteiger partial charge is 0.509 e. The van der Waals surface area contributed by atoms with E-state index in [2.05, 4.69) is 0 Å². The van der Waals surface area contributed by atoms with Crippen molar-refractivity contribution in [3.05, 3.63) is 40.6 Å². The lowest BCUT2D eigenvalue weighted by Gasteiger charge is -2.42. The van der Waals surface area contributed by atoms with Gasteiger partial charge < -0.3 is 9.94 Å². The van der Waals surface area contributed by atoms with E-state index in [1.54, 1.807) is 7.11 Å². The average Bonchev–Trinajstić information content (AvgIpc) is 2.78. The van der Waals surface area contributed by atoms with Crippen molar-refractivity contribution in [2.45, 2.75) is 32.2 Å². The molecule has 0 unspecified atom stereocenters. The third-order valence-corrected chi connectivity index (χ3v) is 5.12. The van der Waals surface area contributed by atoms with Crippen molar-refractivity contribution < 1.29 is 19.6 Å². The number of rotatable bonds is 3. The number of amides is 1. The van der Waals surface area contributed by atoms with Gasteiger partial charge in [-0.25, -0.2) is 5.06 Å². The maximum Gasteiger partial charge on any atom is 0.282 e. The second-order valence-corrected chi connectivity index (χ2v) is 6.47. The molecule has 0 saturated carbocycles. The maximum atomic E-state index is 13.0.